The first-order valence-corrected chi connectivity index (χ1v) is 10.3. The highest BCUT2D eigenvalue weighted by atomic mass is 32.2. The number of amides is 1. The molecule has 22 heavy (non-hydrogen) atoms. The molecular formula is C15H22N2O3S2. The molecule has 1 aromatic rings. The van der Waals surface area contributed by atoms with Gasteiger partial charge in [0.1, 0.15) is 0 Å². The van der Waals surface area contributed by atoms with Crippen LogP contribution in [0.2, 0.25) is 0 Å². The Morgan fingerprint density at radius 1 is 1.18 bits per heavy atom. The Morgan fingerprint density at radius 2 is 1.91 bits per heavy atom. The van der Waals surface area contributed by atoms with Gasteiger partial charge < -0.3 is 4.90 Å². The van der Waals surface area contributed by atoms with Gasteiger partial charge in [0.15, 0.2) is 0 Å². The highest BCUT2D eigenvalue weighted by Gasteiger charge is 2.36. The van der Waals surface area contributed by atoms with E-state index in [9.17, 15) is 13.2 Å². The third-order valence-corrected chi connectivity index (χ3v) is 6.90. The molecule has 2 fully saturated rings. The molecule has 0 unspecified atom stereocenters. The maximum absolute atomic E-state index is 12.3. The van der Waals surface area contributed by atoms with Crippen molar-refractivity contribution in [3.8, 4) is 0 Å². The SMILES string of the molecule is O=C1C[C@H](NS(=O)(=O)c2ccsc2)CN1C1CCCCCC1. The lowest BCUT2D eigenvalue weighted by Gasteiger charge is -2.27. The van der Waals surface area contributed by atoms with Gasteiger partial charge in [0.05, 0.1) is 4.90 Å². The van der Waals surface area contributed by atoms with Crippen molar-refractivity contribution in [1.82, 2.24) is 9.62 Å². The topological polar surface area (TPSA) is 66.5 Å². The number of rotatable bonds is 4. The minimum atomic E-state index is -3.50. The fraction of sp³-hybridized carbons (Fsp3) is 0.667. The molecular weight excluding hydrogens is 320 g/mol. The summed E-state index contributed by atoms with van der Waals surface area (Å²) >= 11 is 1.35. The van der Waals surface area contributed by atoms with Crippen molar-refractivity contribution in [2.45, 2.75) is 61.9 Å². The zero-order chi connectivity index (χ0) is 15.6. The zero-order valence-electron chi connectivity index (χ0n) is 12.5. The van der Waals surface area contributed by atoms with Crippen LogP contribution in [0.25, 0.3) is 0 Å². The van der Waals surface area contributed by atoms with Gasteiger partial charge in [-0.15, -0.1) is 0 Å². The second kappa shape index (κ2) is 6.68. The van der Waals surface area contributed by atoms with E-state index in [0.29, 0.717) is 12.6 Å². The van der Waals surface area contributed by atoms with Gasteiger partial charge in [0, 0.05) is 30.4 Å². The van der Waals surface area contributed by atoms with Crippen LogP contribution in [0.1, 0.15) is 44.9 Å². The van der Waals surface area contributed by atoms with Gasteiger partial charge in [-0.2, -0.15) is 11.3 Å². The van der Waals surface area contributed by atoms with Gasteiger partial charge in [0.25, 0.3) is 0 Å². The number of hydrogen-bond donors (Lipinski definition) is 1. The maximum atomic E-state index is 12.3. The molecule has 1 aliphatic heterocycles. The Kier molecular flexibility index (Phi) is 4.84. The van der Waals surface area contributed by atoms with E-state index >= 15 is 0 Å². The van der Waals surface area contributed by atoms with Crippen LogP contribution < -0.4 is 4.72 Å². The molecule has 1 amide bonds. The molecule has 2 heterocycles. The predicted octanol–water partition coefficient (Wildman–Crippen LogP) is 2.35. The van der Waals surface area contributed by atoms with Gasteiger partial charge >= 0.3 is 0 Å². The normalized spacial score (nSPS) is 24.6. The molecule has 0 radical (unpaired) electrons. The first kappa shape index (κ1) is 16.0. The molecule has 1 saturated carbocycles. The van der Waals surface area contributed by atoms with E-state index in [1.165, 1.54) is 37.0 Å². The third kappa shape index (κ3) is 3.52. The van der Waals surface area contributed by atoms with Gasteiger partial charge in [-0.3, -0.25) is 4.79 Å². The van der Waals surface area contributed by atoms with Crippen LogP contribution in [0.15, 0.2) is 21.7 Å². The monoisotopic (exact) mass is 342 g/mol. The average molecular weight is 342 g/mol. The number of hydrogen-bond acceptors (Lipinski definition) is 4. The summed E-state index contributed by atoms with van der Waals surface area (Å²) in [4.78, 5) is 14.5. The van der Waals surface area contributed by atoms with Crippen LogP contribution in [0.3, 0.4) is 0 Å². The first-order chi connectivity index (χ1) is 10.6. The molecule has 5 nitrogen and oxygen atoms in total. The fourth-order valence-corrected chi connectivity index (χ4v) is 5.68. The van der Waals surface area contributed by atoms with Crippen LogP contribution in [-0.2, 0) is 14.8 Å². The number of likely N-dealkylation sites (tertiary alicyclic amines) is 1. The van der Waals surface area contributed by atoms with Crippen LogP contribution in [-0.4, -0.2) is 37.9 Å². The highest BCUT2D eigenvalue weighted by molar-refractivity contribution is 7.89. The molecule has 1 aromatic heterocycles. The standard InChI is InChI=1S/C15H22N2O3S2/c18-15-9-12(16-22(19,20)14-7-8-21-11-14)10-17(15)13-5-3-1-2-4-6-13/h7-8,11-13,16H,1-6,9-10H2/t12-/m0/s1. The van der Waals surface area contributed by atoms with E-state index in [4.69, 9.17) is 0 Å². The molecule has 3 rings (SSSR count). The van der Waals surface area contributed by atoms with Crippen molar-refractivity contribution < 1.29 is 13.2 Å². The smallest absolute Gasteiger partial charge is 0.241 e. The third-order valence-electron chi connectivity index (χ3n) is 4.55. The lowest BCUT2D eigenvalue weighted by molar-refractivity contribution is -0.129. The van der Waals surface area contributed by atoms with Gasteiger partial charge in [-0.25, -0.2) is 13.1 Å². The molecule has 0 spiro atoms. The van der Waals surface area contributed by atoms with Crippen LogP contribution in [0.5, 0.6) is 0 Å². The lowest BCUT2D eigenvalue weighted by Crippen LogP contribution is -2.40. The van der Waals surface area contributed by atoms with E-state index < -0.39 is 10.0 Å². The summed E-state index contributed by atoms with van der Waals surface area (Å²) in [5.74, 6) is 0.0879. The van der Waals surface area contributed by atoms with Crippen LogP contribution >= 0.6 is 11.3 Å². The quantitative estimate of drug-likeness (QED) is 0.854. The average Bonchev–Trinajstić information content (AvgIpc) is 3.03. The van der Waals surface area contributed by atoms with Gasteiger partial charge in [-0.1, -0.05) is 25.7 Å². The van der Waals surface area contributed by atoms with Gasteiger partial charge in [-0.05, 0) is 24.3 Å². The van der Waals surface area contributed by atoms with E-state index in [0.717, 1.165) is 12.8 Å². The Balaban J connectivity index is 1.64. The lowest BCUT2D eigenvalue weighted by atomic mass is 10.1. The van der Waals surface area contributed by atoms with Crippen molar-refractivity contribution in [3.05, 3.63) is 16.8 Å². The minimum absolute atomic E-state index is 0.0879. The number of nitrogens with one attached hydrogen (secondary N) is 1. The van der Waals surface area contributed by atoms with E-state index in [1.54, 1.807) is 16.8 Å². The highest BCUT2D eigenvalue weighted by Crippen LogP contribution is 2.26. The second-order valence-electron chi connectivity index (χ2n) is 6.17. The summed E-state index contributed by atoms with van der Waals surface area (Å²) in [6, 6.07) is 1.58. The van der Waals surface area contributed by atoms with Crippen LogP contribution in [0, 0.1) is 0 Å². The molecule has 0 bridgehead atoms. The molecule has 0 aromatic carbocycles. The van der Waals surface area contributed by atoms with Crippen molar-refractivity contribution >= 4 is 27.3 Å². The number of nitrogens with zero attached hydrogens (tertiary/aromatic N) is 1. The molecule has 1 saturated heterocycles. The van der Waals surface area contributed by atoms with E-state index in [-0.39, 0.29) is 23.3 Å². The second-order valence-corrected chi connectivity index (χ2v) is 8.67. The summed E-state index contributed by atoms with van der Waals surface area (Å²) in [7, 11) is -3.50. The Morgan fingerprint density at radius 3 is 2.55 bits per heavy atom. The summed E-state index contributed by atoms with van der Waals surface area (Å²) < 4.78 is 27.2. The number of carbonyl (C=O) groups is 1. The molecule has 2 aliphatic rings. The molecule has 1 N–H and O–H groups in total. The van der Waals surface area contributed by atoms with Crippen molar-refractivity contribution in [2.75, 3.05) is 6.54 Å². The number of sulfonamides is 1. The van der Waals surface area contributed by atoms with Gasteiger partial charge in [0.2, 0.25) is 15.9 Å². The summed E-state index contributed by atoms with van der Waals surface area (Å²) in [5, 5.41) is 3.36. The Bertz CT molecular complexity index is 605. The van der Waals surface area contributed by atoms with Crippen molar-refractivity contribution in [3.63, 3.8) is 0 Å². The van der Waals surface area contributed by atoms with E-state index in [2.05, 4.69) is 4.72 Å². The Labute approximate surface area is 135 Å². The predicted molar refractivity (Wildman–Crippen MR) is 86.2 cm³/mol. The van der Waals surface area contributed by atoms with Crippen LogP contribution in [0.4, 0.5) is 0 Å². The molecule has 7 heteroatoms. The Hall–Kier alpha value is -0.920. The van der Waals surface area contributed by atoms with Crippen molar-refractivity contribution in [2.24, 2.45) is 0 Å². The van der Waals surface area contributed by atoms with Crippen molar-refractivity contribution in [1.29, 1.82) is 0 Å². The summed E-state index contributed by atoms with van der Waals surface area (Å²) in [6.45, 7) is 0.507. The molecule has 122 valence electrons. The first-order valence-electron chi connectivity index (χ1n) is 7.90. The maximum Gasteiger partial charge on any atom is 0.241 e. The molecule has 1 aliphatic carbocycles. The zero-order valence-corrected chi connectivity index (χ0v) is 14.2. The summed E-state index contributed by atoms with van der Waals surface area (Å²) in [5.41, 5.74) is 0. The summed E-state index contributed by atoms with van der Waals surface area (Å²) in [6.07, 6.45) is 7.20. The molecule has 1 atom stereocenters. The number of carbonyl (C=O) groups excluding carboxylic acids is 1. The largest absolute Gasteiger partial charge is 0.338 e. The van der Waals surface area contributed by atoms with E-state index in [1.807, 2.05) is 4.90 Å². The number of thiophene rings is 1. The fourth-order valence-electron chi connectivity index (χ4n) is 3.43. The minimum Gasteiger partial charge on any atom is -0.338 e.